The van der Waals surface area contributed by atoms with Gasteiger partial charge in [-0.05, 0) is 62.9 Å². The van der Waals surface area contributed by atoms with E-state index in [-0.39, 0.29) is 18.9 Å². The topological polar surface area (TPSA) is 92.7 Å². The molecule has 0 bridgehead atoms. The summed E-state index contributed by atoms with van der Waals surface area (Å²) in [5, 5.41) is 5.70. The summed E-state index contributed by atoms with van der Waals surface area (Å²) >= 11 is 1.45. The van der Waals surface area contributed by atoms with Crippen molar-refractivity contribution in [3.05, 3.63) is 46.1 Å². The van der Waals surface area contributed by atoms with Crippen molar-refractivity contribution in [2.45, 2.75) is 39.2 Å². The van der Waals surface area contributed by atoms with Gasteiger partial charge in [-0.1, -0.05) is 11.8 Å². The van der Waals surface area contributed by atoms with Crippen molar-refractivity contribution in [2.75, 3.05) is 47.0 Å². The highest BCUT2D eigenvalue weighted by atomic mass is 32.2. The largest absolute Gasteiger partial charge is 0.497 e. The van der Waals surface area contributed by atoms with Crippen LogP contribution in [0.15, 0.2) is 45.6 Å². The van der Waals surface area contributed by atoms with Crippen LogP contribution in [-0.2, 0) is 14.3 Å². The highest BCUT2D eigenvalue weighted by Gasteiger charge is 2.41. The van der Waals surface area contributed by atoms with Gasteiger partial charge in [0.1, 0.15) is 11.5 Å². The number of carbonyl (C=O) groups is 2. The fourth-order valence-electron chi connectivity index (χ4n) is 4.73. The number of aliphatic imine (C=N–C) groups is 1. The summed E-state index contributed by atoms with van der Waals surface area (Å²) in [6.45, 7) is 7.50. The van der Waals surface area contributed by atoms with Crippen molar-refractivity contribution < 1.29 is 23.8 Å². The van der Waals surface area contributed by atoms with E-state index >= 15 is 0 Å². The molecule has 0 aromatic heterocycles. The maximum Gasteiger partial charge on any atom is 0.338 e. The number of methoxy groups -OCH3 is 2. The van der Waals surface area contributed by atoms with Gasteiger partial charge in [0, 0.05) is 24.9 Å². The zero-order chi connectivity index (χ0) is 25.7. The molecule has 0 saturated carbocycles. The molecule has 36 heavy (non-hydrogen) atoms. The number of amidine groups is 1. The summed E-state index contributed by atoms with van der Waals surface area (Å²) < 4.78 is 16.4. The molecular weight excluding hydrogens is 480 g/mol. The summed E-state index contributed by atoms with van der Waals surface area (Å²) in [6, 6.07) is 4.99. The molecule has 0 spiro atoms. The maximum absolute atomic E-state index is 13.1. The summed E-state index contributed by atoms with van der Waals surface area (Å²) in [7, 11) is 3.17. The summed E-state index contributed by atoms with van der Waals surface area (Å²) in [4.78, 5) is 35.0. The number of benzene rings is 1. The van der Waals surface area contributed by atoms with Crippen molar-refractivity contribution in [3.8, 4) is 11.5 Å². The molecule has 1 N–H and O–H groups in total. The monoisotopic (exact) mass is 514 g/mol. The minimum absolute atomic E-state index is 0.0618. The Morgan fingerprint density at radius 2 is 1.83 bits per heavy atom. The van der Waals surface area contributed by atoms with Gasteiger partial charge in [0.05, 0.1) is 44.6 Å². The number of nitrogens with one attached hydrogen (secondary N) is 1. The van der Waals surface area contributed by atoms with Crippen LogP contribution in [0.4, 0.5) is 0 Å². The van der Waals surface area contributed by atoms with E-state index in [1.165, 1.54) is 24.6 Å². The van der Waals surface area contributed by atoms with Crippen LogP contribution in [0.25, 0.3) is 0 Å². The standard InChI is InChI=1S/C26H34N4O5S/c1-5-35-25(32)23-17(2)28-26-30(24(23)18-12-20(33-3)15-21(13-18)34-4)19(16-36-26)14-22(31)27-8-11-29-9-6-7-10-29/h12-13,15-16,24H,5-11,14H2,1-4H3,(H,27,31)/t24-/m0/s1. The summed E-state index contributed by atoms with van der Waals surface area (Å²) in [6.07, 6.45) is 2.63. The Kier molecular flexibility index (Phi) is 8.58. The van der Waals surface area contributed by atoms with Gasteiger partial charge in [0.25, 0.3) is 0 Å². The summed E-state index contributed by atoms with van der Waals surface area (Å²) in [5.41, 5.74) is 2.57. The van der Waals surface area contributed by atoms with E-state index in [0.717, 1.165) is 30.9 Å². The van der Waals surface area contributed by atoms with Gasteiger partial charge < -0.3 is 29.3 Å². The minimum Gasteiger partial charge on any atom is -0.497 e. The van der Waals surface area contributed by atoms with E-state index in [1.54, 1.807) is 27.2 Å². The predicted octanol–water partition coefficient (Wildman–Crippen LogP) is 3.44. The maximum atomic E-state index is 13.1. The number of ether oxygens (including phenoxy) is 3. The van der Waals surface area contributed by atoms with Gasteiger partial charge in [-0.25, -0.2) is 9.79 Å². The number of rotatable bonds is 10. The van der Waals surface area contributed by atoms with Gasteiger partial charge in [-0.2, -0.15) is 0 Å². The van der Waals surface area contributed by atoms with Crippen LogP contribution in [0, 0.1) is 0 Å². The molecule has 1 amide bonds. The fraction of sp³-hybridized carbons (Fsp3) is 0.500. The Morgan fingerprint density at radius 1 is 1.14 bits per heavy atom. The first-order valence-corrected chi connectivity index (χ1v) is 13.2. The third-order valence-corrected chi connectivity index (χ3v) is 7.36. The second-order valence-electron chi connectivity index (χ2n) is 8.83. The van der Waals surface area contributed by atoms with Gasteiger partial charge >= 0.3 is 5.97 Å². The lowest BCUT2D eigenvalue weighted by molar-refractivity contribution is -0.139. The molecule has 194 valence electrons. The number of nitrogens with zero attached hydrogens (tertiary/aromatic N) is 3. The Hall–Kier alpha value is -2.98. The molecule has 3 aliphatic heterocycles. The third-order valence-electron chi connectivity index (χ3n) is 6.48. The first-order valence-electron chi connectivity index (χ1n) is 12.3. The Bertz CT molecular complexity index is 1070. The molecule has 1 fully saturated rings. The first-order chi connectivity index (χ1) is 17.4. The summed E-state index contributed by atoms with van der Waals surface area (Å²) in [5.74, 6) is 0.710. The first kappa shape index (κ1) is 26.1. The quantitative estimate of drug-likeness (QED) is 0.475. The average Bonchev–Trinajstić information content (AvgIpc) is 3.53. The van der Waals surface area contributed by atoms with Crippen LogP contribution >= 0.6 is 11.8 Å². The highest BCUT2D eigenvalue weighted by molar-refractivity contribution is 8.16. The van der Waals surface area contributed by atoms with Crippen molar-refractivity contribution in [1.82, 2.24) is 15.1 Å². The second kappa shape index (κ2) is 11.8. The minimum atomic E-state index is -0.542. The number of amides is 1. The van der Waals surface area contributed by atoms with Crippen molar-refractivity contribution >= 4 is 28.8 Å². The number of hydrogen-bond acceptors (Lipinski definition) is 9. The van der Waals surface area contributed by atoms with E-state index in [1.807, 2.05) is 29.4 Å². The number of hydrogen-bond donors (Lipinski definition) is 1. The zero-order valence-corrected chi connectivity index (χ0v) is 22.2. The Labute approximate surface area is 216 Å². The SMILES string of the molecule is CCOC(=O)C1=C(C)N=C2SC=C(CC(=O)NCCN3CCCC3)N2[C@H]1c1cc(OC)cc(OC)c1. The molecule has 3 heterocycles. The predicted molar refractivity (Wildman–Crippen MR) is 140 cm³/mol. The van der Waals surface area contributed by atoms with Crippen molar-refractivity contribution in [3.63, 3.8) is 0 Å². The number of allylic oxidation sites excluding steroid dienone is 1. The molecule has 1 saturated heterocycles. The molecule has 4 rings (SSSR count). The van der Waals surface area contributed by atoms with Crippen LogP contribution in [0.5, 0.6) is 11.5 Å². The van der Waals surface area contributed by atoms with Crippen molar-refractivity contribution in [1.29, 1.82) is 0 Å². The molecule has 0 unspecified atom stereocenters. The van der Waals surface area contributed by atoms with E-state index in [4.69, 9.17) is 19.2 Å². The highest BCUT2D eigenvalue weighted by Crippen LogP contribution is 2.46. The molecule has 10 heteroatoms. The van der Waals surface area contributed by atoms with E-state index in [2.05, 4.69) is 10.2 Å². The lowest BCUT2D eigenvalue weighted by atomic mass is 9.93. The normalized spacial score (nSPS) is 19.6. The van der Waals surface area contributed by atoms with E-state index < -0.39 is 12.0 Å². The average molecular weight is 515 g/mol. The van der Waals surface area contributed by atoms with Crippen LogP contribution in [0.3, 0.4) is 0 Å². The number of thioether (sulfide) groups is 1. The van der Waals surface area contributed by atoms with Crippen LogP contribution in [0.2, 0.25) is 0 Å². The molecule has 1 aromatic rings. The molecule has 1 aromatic carbocycles. The lowest BCUT2D eigenvalue weighted by Crippen LogP contribution is -2.39. The fourth-order valence-corrected chi connectivity index (χ4v) is 5.69. The van der Waals surface area contributed by atoms with Crippen LogP contribution in [-0.4, -0.2) is 73.8 Å². The second-order valence-corrected chi connectivity index (χ2v) is 9.67. The van der Waals surface area contributed by atoms with Crippen molar-refractivity contribution in [2.24, 2.45) is 4.99 Å². The molecule has 9 nitrogen and oxygen atoms in total. The van der Waals surface area contributed by atoms with Gasteiger partial charge in [0.15, 0.2) is 5.17 Å². The smallest absolute Gasteiger partial charge is 0.338 e. The number of esters is 1. The zero-order valence-electron chi connectivity index (χ0n) is 21.3. The van der Waals surface area contributed by atoms with Gasteiger partial charge in [0.2, 0.25) is 5.91 Å². The van der Waals surface area contributed by atoms with E-state index in [0.29, 0.717) is 34.5 Å². The molecule has 0 radical (unpaired) electrons. The Balaban J connectivity index is 1.61. The van der Waals surface area contributed by atoms with Crippen LogP contribution in [0.1, 0.15) is 44.7 Å². The van der Waals surface area contributed by atoms with E-state index in [9.17, 15) is 9.59 Å². The number of carbonyl (C=O) groups excluding carboxylic acids is 2. The third kappa shape index (κ3) is 5.70. The molecule has 0 aliphatic carbocycles. The molecule has 1 atom stereocenters. The Morgan fingerprint density at radius 3 is 2.47 bits per heavy atom. The van der Waals surface area contributed by atoms with Crippen LogP contribution < -0.4 is 14.8 Å². The van der Waals surface area contributed by atoms with Gasteiger partial charge in [-0.15, -0.1) is 0 Å². The lowest BCUT2D eigenvalue weighted by Gasteiger charge is -2.36. The van der Waals surface area contributed by atoms with Gasteiger partial charge in [-0.3, -0.25) is 4.79 Å². The number of likely N-dealkylation sites (tertiary alicyclic amines) is 1. The number of fused-ring (bicyclic) bond motifs is 1. The molecule has 3 aliphatic rings. The molecular formula is C26H34N4O5S.